The number of rotatable bonds is 4. The Balaban J connectivity index is 2.47. The molecule has 3 amide bonds. The molecule has 0 aliphatic rings. The second kappa shape index (κ2) is 6.90. The molecule has 0 unspecified atom stereocenters. The molecule has 18 heavy (non-hydrogen) atoms. The monoisotopic (exact) mass is 267 g/mol. The highest BCUT2D eigenvalue weighted by molar-refractivity contribution is 7.98. The van der Waals surface area contributed by atoms with Gasteiger partial charge in [-0.15, -0.1) is 11.8 Å². The van der Waals surface area contributed by atoms with Gasteiger partial charge in [0.05, 0.1) is 6.54 Å². The van der Waals surface area contributed by atoms with Crippen molar-refractivity contribution in [3.05, 3.63) is 24.3 Å². The largest absolute Gasteiger partial charge is 0.347 e. The molecule has 1 aromatic rings. The van der Waals surface area contributed by atoms with Crippen LogP contribution in [-0.4, -0.2) is 43.7 Å². The van der Waals surface area contributed by atoms with Gasteiger partial charge < -0.3 is 15.5 Å². The maximum Gasteiger partial charge on any atom is 0.319 e. The number of carbonyl (C=O) groups is 2. The van der Waals surface area contributed by atoms with Crippen molar-refractivity contribution in [1.82, 2.24) is 10.2 Å². The minimum atomic E-state index is -0.386. The molecule has 0 bridgehead atoms. The third-order valence-electron chi connectivity index (χ3n) is 2.23. The summed E-state index contributed by atoms with van der Waals surface area (Å²) in [6.07, 6.45) is 1.97. The van der Waals surface area contributed by atoms with E-state index >= 15 is 0 Å². The lowest BCUT2D eigenvalue weighted by atomic mass is 10.3. The van der Waals surface area contributed by atoms with E-state index < -0.39 is 0 Å². The first-order valence-electron chi connectivity index (χ1n) is 5.42. The maximum atomic E-state index is 11.5. The number of likely N-dealkylation sites (N-methyl/N-ethyl adjacent to an activating group) is 1. The molecule has 0 aliphatic carbocycles. The lowest BCUT2D eigenvalue weighted by molar-refractivity contribution is -0.127. The van der Waals surface area contributed by atoms with Gasteiger partial charge in [-0.2, -0.15) is 0 Å². The number of urea groups is 1. The van der Waals surface area contributed by atoms with Gasteiger partial charge in [0.2, 0.25) is 5.91 Å². The van der Waals surface area contributed by atoms with Gasteiger partial charge in [-0.25, -0.2) is 4.79 Å². The number of amides is 3. The number of anilines is 1. The van der Waals surface area contributed by atoms with E-state index in [1.807, 2.05) is 24.5 Å². The summed E-state index contributed by atoms with van der Waals surface area (Å²) in [5.74, 6) is -0.150. The zero-order valence-corrected chi connectivity index (χ0v) is 11.5. The number of hydrogen-bond donors (Lipinski definition) is 2. The second-order valence-corrected chi connectivity index (χ2v) is 4.71. The fourth-order valence-electron chi connectivity index (χ4n) is 1.19. The van der Waals surface area contributed by atoms with Crippen molar-refractivity contribution in [1.29, 1.82) is 0 Å². The summed E-state index contributed by atoms with van der Waals surface area (Å²) in [5, 5.41) is 5.18. The van der Waals surface area contributed by atoms with Crippen LogP contribution in [0.25, 0.3) is 0 Å². The quantitative estimate of drug-likeness (QED) is 0.815. The zero-order chi connectivity index (χ0) is 13.5. The van der Waals surface area contributed by atoms with E-state index in [9.17, 15) is 9.59 Å². The smallest absolute Gasteiger partial charge is 0.319 e. The van der Waals surface area contributed by atoms with Crippen molar-refractivity contribution in [2.24, 2.45) is 0 Å². The van der Waals surface area contributed by atoms with Gasteiger partial charge in [0.25, 0.3) is 0 Å². The summed E-state index contributed by atoms with van der Waals surface area (Å²) in [4.78, 5) is 25.3. The summed E-state index contributed by atoms with van der Waals surface area (Å²) < 4.78 is 0. The number of benzene rings is 1. The van der Waals surface area contributed by atoms with E-state index in [0.29, 0.717) is 5.69 Å². The SMILES string of the molecule is CSc1cccc(NC(=O)NCC(=O)N(C)C)c1. The molecule has 1 rings (SSSR count). The molecule has 0 atom stereocenters. The van der Waals surface area contributed by atoms with Crippen molar-refractivity contribution in [3.8, 4) is 0 Å². The molecular weight excluding hydrogens is 250 g/mol. The molecule has 0 radical (unpaired) electrons. The van der Waals surface area contributed by atoms with Gasteiger partial charge in [-0.1, -0.05) is 6.07 Å². The minimum Gasteiger partial charge on any atom is -0.347 e. The van der Waals surface area contributed by atoms with Crippen molar-refractivity contribution in [2.75, 3.05) is 32.2 Å². The highest BCUT2D eigenvalue weighted by Gasteiger charge is 2.07. The summed E-state index contributed by atoms with van der Waals surface area (Å²) >= 11 is 1.60. The van der Waals surface area contributed by atoms with Crippen molar-refractivity contribution < 1.29 is 9.59 Å². The average molecular weight is 267 g/mol. The molecule has 0 heterocycles. The topological polar surface area (TPSA) is 61.4 Å². The van der Waals surface area contributed by atoms with Crippen LogP contribution in [0.15, 0.2) is 29.2 Å². The van der Waals surface area contributed by atoms with Crippen molar-refractivity contribution in [3.63, 3.8) is 0 Å². The number of thioether (sulfide) groups is 1. The fourth-order valence-corrected chi connectivity index (χ4v) is 1.65. The molecule has 0 saturated heterocycles. The van der Waals surface area contributed by atoms with Crippen molar-refractivity contribution in [2.45, 2.75) is 4.90 Å². The summed E-state index contributed by atoms with van der Waals surface area (Å²) in [6.45, 7) is -0.0128. The predicted molar refractivity (Wildman–Crippen MR) is 73.9 cm³/mol. The molecule has 1 aromatic carbocycles. The van der Waals surface area contributed by atoms with Gasteiger partial charge in [0.1, 0.15) is 0 Å². The minimum absolute atomic E-state index is 0.0128. The molecule has 0 spiro atoms. The Kier molecular flexibility index (Phi) is 5.51. The Morgan fingerprint density at radius 3 is 2.67 bits per heavy atom. The molecule has 0 aliphatic heterocycles. The molecule has 6 heteroatoms. The van der Waals surface area contributed by atoms with Crippen molar-refractivity contribution >= 4 is 29.4 Å². The Morgan fingerprint density at radius 1 is 1.33 bits per heavy atom. The van der Waals surface area contributed by atoms with Crippen LogP contribution in [0.4, 0.5) is 10.5 Å². The first kappa shape index (κ1) is 14.4. The summed E-state index contributed by atoms with van der Waals surface area (Å²) in [7, 11) is 3.29. The maximum absolute atomic E-state index is 11.5. The molecule has 0 saturated carbocycles. The van der Waals surface area contributed by atoms with Gasteiger partial charge in [-0.05, 0) is 24.5 Å². The molecule has 0 aromatic heterocycles. The van der Waals surface area contributed by atoms with Crippen LogP contribution in [-0.2, 0) is 4.79 Å². The normalized spacial score (nSPS) is 9.72. The average Bonchev–Trinajstić information content (AvgIpc) is 2.36. The van der Waals surface area contributed by atoms with Gasteiger partial charge >= 0.3 is 6.03 Å². The number of nitrogens with zero attached hydrogens (tertiary/aromatic N) is 1. The van der Waals surface area contributed by atoms with Crippen LogP contribution in [0.1, 0.15) is 0 Å². The lowest BCUT2D eigenvalue weighted by Crippen LogP contribution is -2.38. The Hall–Kier alpha value is -1.69. The Labute approximate surface area is 111 Å². The fraction of sp³-hybridized carbons (Fsp3) is 0.333. The van der Waals surface area contributed by atoms with E-state index in [2.05, 4.69) is 10.6 Å². The number of carbonyl (C=O) groups excluding carboxylic acids is 2. The first-order chi connectivity index (χ1) is 8.52. The molecule has 2 N–H and O–H groups in total. The Morgan fingerprint density at radius 2 is 2.06 bits per heavy atom. The standard InChI is InChI=1S/C12H17N3O2S/c1-15(2)11(16)8-13-12(17)14-9-5-4-6-10(7-9)18-3/h4-7H,8H2,1-3H3,(H2,13,14,17). The van der Waals surface area contributed by atoms with Crippen LogP contribution in [0.3, 0.4) is 0 Å². The van der Waals surface area contributed by atoms with Crippen LogP contribution in [0, 0.1) is 0 Å². The van der Waals surface area contributed by atoms with E-state index in [1.54, 1.807) is 31.9 Å². The Bertz CT molecular complexity index is 435. The molecule has 5 nitrogen and oxygen atoms in total. The first-order valence-corrected chi connectivity index (χ1v) is 6.64. The van der Waals surface area contributed by atoms with Gasteiger partial charge in [0.15, 0.2) is 0 Å². The summed E-state index contributed by atoms with van der Waals surface area (Å²) in [5.41, 5.74) is 0.705. The third-order valence-corrected chi connectivity index (χ3v) is 2.95. The van der Waals surface area contributed by atoms with E-state index in [4.69, 9.17) is 0 Å². The van der Waals surface area contributed by atoms with E-state index in [-0.39, 0.29) is 18.5 Å². The van der Waals surface area contributed by atoms with E-state index in [1.165, 1.54) is 4.90 Å². The third kappa shape index (κ3) is 4.67. The predicted octanol–water partition coefficient (Wildman–Crippen LogP) is 1.62. The van der Waals surface area contributed by atoms with Crippen LogP contribution in [0.5, 0.6) is 0 Å². The van der Waals surface area contributed by atoms with Crippen LogP contribution >= 0.6 is 11.8 Å². The molecule has 98 valence electrons. The molecular formula is C12H17N3O2S. The van der Waals surface area contributed by atoms with Gasteiger partial charge in [-0.3, -0.25) is 4.79 Å². The highest BCUT2D eigenvalue weighted by Crippen LogP contribution is 2.18. The second-order valence-electron chi connectivity index (χ2n) is 3.83. The lowest BCUT2D eigenvalue weighted by Gasteiger charge is -2.11. The van der Waals surface area contributed by atoms with Gasteiger partial charge in [0, 0.05) is 24.7 Å². The molecule has 0 fully saturated rings. The number of nitrogens with one attached hydrogen (secondary N) is 2. The van der Waals surface area contributed by atoms with Crippen LogP contribution < -0.4 is 10.6 Å². The summed E-state index contributed by atoms with van der Waals surface area (Å²) in [6, 6.07) is 7.12. The zero-order valence-electron chi connectivity index (χ0n) is 10.7. The van der Waals surface area contributed by atoms with E-state index in [0.717, 1.165) is 4.90 Å². The highest BCUT2D eigenvalue weighted by atomic mass is 32.2. The number of hydrogen-bond acceptors (Lipinski definition) is 3. The van der Waals surface area contributed by atoms with Crippen LogP contribution in [0.2, 0.25) is 0 Å².